The zero-order chi connectivity index (χ0) is 20.6. The number of thiophene rings is 1. The Balaban J connectivity index is 1.31. The highest BCUT2D eigenvalue weighted by Gasteiger charge is 2.29. The van der Waals surface area contributed by atoms with Gasteiger partial charge < -0.3 is 4.90 Å². The molecule has 31 heavy (non-hydrogen) atoms. The minimum Gasteiger partial charge on any atom is -0.353 e. The van der Waals surface area contributed by atoms with Crippen LogP contribution in [0.15, 0.2) is 30.3 Å². The zero-order valence-corrected chi connectivity index (χ0v) is 19.2. The Morgan fingerprint density at radius 3 is 2.48 bits per heavy atom. The molecule has 1 saturated carbocycles. The zero-order valence-electron chi connectivity index (χ0n) is 18.4. The van der Waals surface area contributed by atoms with E-state index in [-0.39, 0.29) is 0 Å². The second-order valence-electron chi connectivity index (χ2n) is 9.48. The number of hydrogen-bond donors (Lipinski definition) is 0. The first-order valence-electron chi connectivity index (χ1n) is 12.2. The molecular weight excluding hydrogens is 400 g/mol. The van der Waals surface area contributed by atoms with E-state index in [2.05, 4.69) is 40.1 Å². The van der Waals surface area contributed by atoms with Gasteiger partial charge in [-0.3, -0.25) is 4.90 Å². The third-order valence-electron chi connectivity index (χ3n) is 7.50. The highest BCUT2D eigenvalue weighted by atomic mass is 32.1. The topological polar surface area (TPSA) is 32.3 Å². The maximum atomic E-state index is 5.21. The summed E-state index contributed by atoms with van der Waals surface area (Å²) in [6, 6.07) is 11.5. The minimum atomic E-state index is 0.814. The van der Waals surface area contributed by atoms with Crippen molar-refractivity contribution in [1.82, 2.24) is 14.9 Å². The first-order valence-corrected chi connectivity index (χ1v) is 13.0. The minimum absolute atomic E-state index is 0.814. The van der Waals surface area contributed by atoms with Gasteiger partial charge in [0.1, 0.15) is 16.5 Å². The smallest absolute Gasteiger partial charge is 0.141 e. The molecule has 5 heteroatoms. The average Bonchev–Trinajstić information content (AvgIpc) is 3.41. The van der Waals surface area contributed by atoms with E-state index in [0.29, 0.717) is 0 Å². The fourth-order valence-electron chi connectivity index (χ4n) is 5.85. The van der Waals surface area contributed by atoms with Gasteiger partial charge in [0.25, 0.3) is 0 Å². The third kappa shape index (κ3) is 3.87. The molecular formula is C26H32N4S. The van der Waals surface area contributed by atoms with Gasteiger partial charge >= 0.3 is 0 Å². The Morgan fingerprint density at radius 2 is 1.68 bits per heavy atom. The predicted molar refractivity (Wildman–Crippen MR) is 129 cm³/mol. The Labute approximate surface area is 189 Å². The van der Waals surface area contributed by atoms with Crippen molar-refractivity contribution >= 4 is 27.4 Å². The number of fused-ring (bicyclic) bond motifs is 3. The van der Waals surface area contributed by atoms with Crippen molar-refractivity contribution in [2.75, 3.05) is 31.1 Å². The number of aromatic nitrogens is 2. The monoisotopic (exact) mass is 432 g/mol. The largest absolute Gasteiger partial charge is 0.353 e. The lowest BCUT2D eigenvalue weighted by Crippen LogP contribution is -2.51. The van der Waals surface area contributed by atoms with Crippen LogP contribution < -0.4 is 4.90 Å². The van der Waals surface area contributed by atoms with Crippen molar-refractivity contribution in [3.8, 4) is 0 Å². The quantitative estimate of drug-likeness (QED) is 0.565. The van der Waals surface area contributed by atoms with Gasteiger partial charge in [-0.2, -0.15) is 0 Å². The summed E-state index contributed by atoms with van der Waals surface area (Å²) in [4.78, 5) is 18.4. The van der Waals surface area contributed by atoms with Gasteiger partial charge in [-0.1, -0.05) is 49.6 Å². The molecule has 0 bridgehead atoms. The molecule has 162 valence electrons. The van der Waals surface area contributed by atoms with E-state index in [1.54, 1.807) is 10.4 Å². The lowest BCUT2D eigenvalue weighted by atomic mass is 9.94. The van der Waals surface area contributed by atoms with Crippen LogP contribution in [0.4, 0.5) is 5.82 Å². The van der Waals surface area contributed by atoms with E-state index >= 15 is 0 Å². The van der Waals surface area contributed by atoms with Crippen molar-refractivity contribution < 1.29 is 0 Å². The third-order valence-corrected chi connectivity index (χ3v) is 8.69. The first-order chi connectivity index (χ1) is 15.3. The highest BCUT2D eigenvalue weighted by Crippen LogP contribution is 2.41. The van der Waals surface area contributed by atoms with Crippen molar-refractivity contribution in [1.29, 1.82) is 0 Å². The van der Waals surface area contributed by atoms with E-state index < -0.39 is 0 Å². The van der Waals surface area contributed by atoms with Crippen molar-refractivity contribution in [3.05, 3.63) is 52.2 Å². The number of aryl methyl sites for hydroxylation is 2. The standard InChI is InChI=1S/C26H32N4S/c1-3-8-19(9-4-1)18-23-27-25(24-21-12-7-13-22(21)31-26(24)28-23)30-16-14-29(15-17-30)20-10-5-2-6-11-20/h1,3-4,8-9,20H,2,5-7,10-18H2. The summed E-state index contributed by atoms with van der Waals surface area (Å²) in [6.07, 6.45) is 11.6. The Kier molecular flexibility index (Phi) is 5.41. The lowest BCUT2D eigenvalue weighted by molar-refractivity contribution is 0.148. The Morgan fingerprint density at radius 1 is 0.871 bits per heavy atom. The number of nitrogens with zero attached hydrogens (tertiary/aromatic N) is 4. The summed E-state index contributed by atoms with van der Waals surface area (Å²) >= 11 is 1.92. The normalized spacial score (nSPS) is 20.5. The second-order valence-corrected chi connectivity index (χ2v) is 10.6. The molecule has 0 spiro atoms. The predicted octanol–water partition coefficient (Wildman–Crippen LogP) is 5.23. The molecule has 3 aliphatic rings. The van der Waals surface area contributed by atoms with Crippen LogP contribution >= 0.6 is 11.3 Å². The molecule has 1 aliphatic heterocycles. The summed E-state index contributed by atoms with van der Waals surface area (Å²) in [5.74, 6) is 2.20. The molecule has 0 unspecified atom stereocenters. The fraction of sp³-hybridized carbons (Fsp3) is 0.538. The van der Waals surface area contributed by atoms with Gasteiger partial charge in [-0.15, -0.1) is 11.3 Å². The molecule has 1 aromatic carbocycles. The first kappa shape index (κ1) is 19.7. The van der Waals surface area contributed by atoms with E-state index in [0.717, 1.165) is 31.4 Å². The second kappa shape index (κ2) is 8.51. The summed E-state index contributed by atoms with van der Waals surface area (Å²) in [5, 5.41) is 1.38. The van der Waals surface area contributed by atoms with Gasteiger partial charge in [-0.25, -0.2) is 9.97 Å². The van der Waals surface area contributed by atoms with Crippen LogP contribution in [-0.4, -0.2) is 47.1 Å². The Bertz CT molecular complexity index is 1050. The molecule has 1 saturated heterocycles. The summed E-state index contributed by atoms with van der Waals surface area (Å²) < 4.78 is 0. The molecule has 6 rings (SSSR count). The van der Waals surface area contributed by atoms with E-state index in [4.69, 9.17) is 9.97 Å². The molecule has 0 radical (unpaired) electrons. The Hall–Kier alpha value is -1.98. The van der Waals surface area contributed by atoms with Crippen molar-refractivity contribution in [3.63, 3.8) is 0 Å². The van der Waals surface area contributed by atoms with Gasteiger partial charge in [0, 0.05) is 43.5 Å². The van der Waals surface area contributed by atoms with Crippen LogP contribution in [0.3, 0.4) is 0 Å². The van der Waals surface area contributed by atoms with Crippen LogP contribution in [0.5, 0.6) is 0 Å². The molecule has 4 nitrogen and oxygen atoms in total. The number of rotatable bonds is 4. The number of anilines is 1. The van der Waals surface area contributed by atoms with E-state index in [1.807, 2.05) is 11.3 Å². The molecule has 0 atom stereocenters. The summed E-state index contributed by atoms with van der Waals surface area (Å²) in [6.45, 7) is 4.54. The van der Waals surface area contributed by atoms with Crippen LogP contribution in [0.2, 0.25) is 0 Å². The molecule has 3 heterocycles. The molecule has 3 aromatic rings. The maximum absolute atomic E-state index is 5.21. The van der Waals surface area contributed by atoms with E-state index in [9.17, 15) is 0 Å². The van der Waals surface area contributed by atoms with Crippen molar-refractivity contribution in [2.24, 2.45) is 0 Å². The van der Waals surface area contributed by atoms with Gasteiger partial charge in [-0.05, 0) is 43.2 Å². The molecule has 0 N–H and O–H groups in total. The van der Waals surface area contributed by atoms with Crippen LogP contribution in [0, 0.1) is 0 Å². The van der Waals surface area contributed by atoms with Crippen LogP contribution in [-0.2, 0) is 19.3 Å². The molecule has 2 aromatic heterocycles. The molecule has 0 amide bonds. The van der Waals surface area contributed by atoms with E-state index in [1.165, 1.54) is 86.1 Å². The van der Waals surface area contributed by atoms with Gasteiger partial charge in [0.2, 0.25) is 0 Å². The van der Waals surface area contributed by atoms with Crippen LogP contribution in [0.1, 0.15) is 60.4 Å². The highest BCUT2D eigenvalue weighted by molar-refractivity contribution is 7.19. The maximum Gasteiger partial charge on any atom is 0.141 e. The molecule has 2 fully saturated rings. The number of benzene rings is 1. The average molecular weight is 433 g/mol. The summed E-state index contributed by atoms with van der Waals surface area (Å²) in [7, 11) is 0. The van der Waals surface area contributed by atoms with Gasteiger partial charge in [0.15, 0.2) is 0 Å². The fourth-order valence-corrected chi connectivity index (χ4v) is 7.13. The summed E-state index contributed by atoms with van der Waals surface area (Å²) in [5.41, 5.74) is 2.84. The number of piperazine rings is 1. The lowest BCUT2D eigenvalue weighted by Gasteiger charge is -2.41. The van der Waals surface area contributed by atoms with Gasteiger partial charge in [0.05, 0.1) is 5.39 Å². The molecule has 2 aliphatic carbocycles. The number of hydrogen-bond acceptors (Lipinski definition) is 5. The SMILES string of the molecule is c1ccc(Cc2nc(N3CCN(C4CCCCC4)CC3)c3c4c(sc3n2)CCC4)cc1. The van der Waals surface area contributed by atoms with Crippen molar-refractivity contribution in [2.45, 2.75) is 63.8 Å². The van der Waals surface area contributed by atoms with Crippen LogP contribution in [0.25, 0.3) is 10.2 Å².